The molecule has 0 radical (unpaired) electrons. The molecular formula is C23H28Cl2N4O4. The Hall–Kier alpha value is -2.68. The first kappa shape index (κ1) is 25.0. The summed E-state index contributed by atoms with van der Waals surface area (Å²) in [6, 6.07) is 9.88. The number of hydrogen-bond acceptors (Lipinski definition) is 5. The number of carbonyl (C=O) groups is 2. The Balaban J connectivity index is 1.53. The third-order valence-corrected chi connectivity index (χ3v) is 6.51. The molecule has 1 atom stereocenters. The number of nitrogens with zero attached hydrogens (tertiary/aromatic N) is 1. The van der Waals surface area contributed by atoms with Gasteiger partial charge in [-0.15, -0.1) is 0 Å². The molecule has 0 aliphatic carbocycles. The number of carbonyl (C=O) groups excluding carboxylic acids is 1. The van der Waals surface area contributed by atoms with Gasteiger partial charge in [-0.3, -0.25) is 4.79 Å². The minimum absolute atomic E-state index is 0.263. The van der Waals surface area contributed by atoms with E-state index in [9.17, 15) is 14.7 Å². The number of anilines is 1. The molecule has 1 aliphatic rings. The summed E-state index contributed by atoms with van der Waals surface area (Å²) >= 11 is 12.4. The number of piperidine rings is 1. The largest absolute Gasteiger partial charge is 0.496 e. The molecule has 1 heterocycles. The average molecular weight is 495 g/mol. The number of likely N-dealkylation sites (tertiary alicyclic amines) is 1. The van der Waals surface area contributed by atoms with E-state index in [0.29, 0.717) is 46.1 Å². The molecule has 2 amide bonds. The maximum atomic E-state index is 12.7. The number of nitrogen functional groups attached to an aromatic ring is 1. The van der Waals surface area contributed by atoms with Crippen molar-refractivity contribution < 1.29 is 19.4 Å². The molecule has 10 heteroatoms. The van der Waals surface area contributed by atoms with Gasteiger partial charge in [-0.25, -0.2) is 4.79 Å². The normalized spacial score (nSPS) is 15.6. The fraction of sp³-hybridized carbons (Fsp3) is 0.391. The zero-order valence-electron chi connectivity index (χ0n) is 18.3. The minimum Gasteiger partial charge on any atom is -0.496 e. The van der Waals surface area contributed by atoms with Gasteiger partial charge in [0.05, 0.1) is 29.4 Å². The number of carboxylic acid groups (broad SMARTS) is 1. The number of nitrogens with two attached hydrogens (primary N) is 1. The van der Waals surface area contributed by atoms with Crippen molar-refractivity contribution in [1.29, 1.82) is 0 Å². The molecule has 1 fully saturated rings. The highest BCUT2D eigenvalue weighted by atomic mass is 35.5. The summed E-state index contributed by atoms with van der Waals surface area (Å²) in [6.45, 7) is 2.63. The summed E-state index contributed by atoms with van der Waals surface area (Å²) in [6.07, 6.45) is 0.667. The topological polar surface area (TPSA) is 117 Å². The zero-order valence-corrected chi connectivity index (χ0v) is 19.8. The van der Waals surface area contributed by atoms with E-state index >= 15 is 0 Å². The van der Waals surface area contributed by atoms with Gasteiger partial charge in [-0.1, -0.05) is 41.4 Å². The van der Waals surface area contributed by atoms with Crippen LogP contribution in [0.25, 0.3) is 0 Å². The van der Waals surface area contributed by atoms with Crippen molar-refractivity contribution in [2.24, 2.45) is 5.92 Å². The predicted molar refractivity (Wildman–Crippen MR) is 129 cm³/mol. The molecule has 178 valence electrons. The Kier molecular flexibility index (Phi) is 8.66. The monoisotopic (exact) mass is 494 g/mol. The first-order valence-corrected chi connectivity index (χ1v) is 11.4. The molecule has 3 rings (SSSR count). The summed E-state index contributed by atoms with van der Waals surface area (Å²) < 4.78 is 5.25. The van der Waals surface area contributed by atoms with Crippen LogP contribution in [0.3, 0.4) is 0 Å². The van der Waals surface area contributed by atoms with Gasteiger partial charge < -0.3 is 31.1 Å². The number of hydrogen-bond donors (Lipinski definition) is 4. The van der Waals surface area contributed by atoms with E-state index in [1.807, 2.05) is 18.2 Å². The number of halogens is 2. The number of benzene rings is 2. The van der Waals surface area contributed by atoms with Crippen molar-refractivity contribution in [3.63, 3.8) is 0 Å². The van der Waals surface area contributed by atoms with Crippen LogP contribution in [0.15, 0.2) is 36.4 Å². The van der Waals surface area contributed by atoms with Crippen LogP contribution in [0.5, 0.6) is 5.75 Å². The van der Waals surface area contributed by atoms with Gasteiger partial charge in [0.15, 0.2) is 0 Å². The highest BCUT2D eigenvalue weighted by Crippen LogP contribution is 2.29. The molecule has 2 aromatic rings. The maximum Gasteiger partial charge on any atom is 0.405 e. The number of rotatable bonds is 8. The van der Waals surface area contributed by atoms with Gasteiger partial charge in [0.1, 0.15) is 5.75 Å². The summed E-state index contributed by atoms with van der Waals surface area (Å²) in [4.78, 5) is 26.2. The van der Waals surface area contributed by atoms with Gasteiger partial charge in [-0.2, -0.15) is 0 Å². The highest BCUT2D eigenvalue weighted by molar-refractivity contribution is 6.33. The Morgan fingerprint density at radius 3 is 2.55 bits per heavy atom. The molecule has 0 aromatic heterocycles. The van der Waals surface area contributed by atoms with Gasteiger partial charge in [0.25, 0.3) is 5.91 Å². The zero-order chi connectivity index (χ0) is 24.0. The maximum absolute atomic E-state index is 12.7. The summed E-state index contributed by atoms with van der Waals surface area (Å²) in [5, 5.41) is 15.6. The third-order valence-electron chi connectivity index (χ3n) is 5.84. The van der Waals surface area contributed by atoms with Crippen LogP contribution >= 0.6 is 23.2 Å². The number of amides is 2. The Bertz CT molecular complexity index is 996. The molecule has 1 unspecified atom stereocenters. The molecule has 0 bridgehead atoms. The summed E-state index contributed by atoms with van der Waals surface area (Å²) in [5.41, 5.74) is 7.24. The molecule has 1 aliphatic heterocycles. The average Bonchev–Trinajstić information content (AvgIpc) is 2.79. The Labute approximate surface area is 203 Å². The smallest absolute Gasteiger partial charge is 0.405 e. The van der Waals surface area contributed by atoms with Crippen molar-refractivity contribution in [1.82, 2.24) is 15.5 Å². The first-order valence-electron chi connectivity index (χ1n) is 10.7. The van der Waals surface area contributed by atoms with Crippen molar-refractivity contribution in [2.75, 3.05) is 39.0 Å². The molecular weight excluding hydrogens is 467 g/mol. The van der Waals surface area contributed by atoms with Crippen LogP contribution in [0.4, 0.5) is 10.5 Å². The molecule has 5 N–H and O–H groups in total. The van der Waals surface area contributed by atoms with E-state index in [-0.39, 0.29) is 5.91 Å². The lowest BCUT2D eigenvalue weighted by Crippen LogP contribution is -2.43. The SMILES string of the molecule is COc1cc(N)c(Cl)cc1C(=O)NCC1CCN(CC(NC(=O)O)c2ccccc2Cl)CC1. The van der Waals surface area contributed by atoms with Crippen LogP contribution < -0.4 is 21.1 Å². The summed E-state index contributed by atoms with van der Waals surface area (Å²) in [5.74, 6) is 0.424. The standard InChI is InChI=1S/C23H28Cl2N4O4/c1-33-21-11-19(26)18(25)10-16(21)22(30)27-12-14-6-8-29(9-7-14)13-20(28-23(31)32)15-4-2-3-5-17(15)24/h2-5,10-11,14,20,28H,6-9,12-13,26H2,1H3,(H,27,30)(H,31,32). The van der Waals surface area contributed by atoms with E-state index in [4.69, 9.17) is 33.7 Å². The second-order valence-electron chi connectivity index (χ2n) is 8.05. The van der Waals surface area contributed by atoms with Crippen LogP contribution in [0.2, 0.25) is 10.0 Å². The van der Waals surface area contributed by atoms with Crippen LogP contribution in [-0.4, -0.2) is 55.3 Å². The molecule has 8 nitrogen and oxygen atoms in total. The van der Waals surface area contributed by atoms with Crippen molar-refractivity contribution >= 4 is 40.9 Å². The Morgan fingerprint density at radius 2 is 1.91 bits per heavy atom. The molecule has 2 aromatic carbocycles. The van der Waals surface area contributed by atoms with Crippen molar-refractivity contribution in [2.45, 2.75) is 18.9 Å². The van der Waals surface area contributed by atoms with Gasteiger partial charge >= 0.3 is 6.09 Å². The van der Waals surface area contributed by atoms with Gasteiger partial charge in [-0.05, 0) is 49.5 Å². The van der Waals surface area contributed by atoms with Gasteiger partial charge in [0, 0.05) is 24.2 Å². The highest BCUT2D eigenvalue weighted by Gasteiger charge is 2.25. The second-order valence-corrected chi connectivity index (χ2v) is 8.87. The van der Waals surface area contributed by atoms with Crippen molar-refractivity contribution in [3.05, 3.63) is 57.6 Å². The van der Waals surface area contributed by atoms with Crippen LogP contribution in [-0.2, 0) is 0 Å². The van der Waals surface area contributed by atoms with E-state index in [2.05, 4.69) is 15.5 Å². The number of nitrogens with one attached hydrogen (secondary N) is 2. The van der Waals surface area contributed by atoms with Gasteiger partial charge in [0.2, 0.25) is 0 Å². The Morgan fingerprint density at radius 1 is 1.21 bits per heavy atom. The molecule has 0 spiro atoms. The minimum atomic E-state index is -1.09. The van der Waals surface area contributed by atoms with E-state index in [1.54, 1.807) is 6.07 Å². The van der Waals surface area contributed by atoms with Crippen molar-refractivity contribution in [3.8, 4) is 5.75 Å². The summed E-state index contributed by atoms with van der Waals surface area (Å²) in [7, 11) is 1.48. The van der Waals surface area contributed by atoms with Crippen LogP contribution in [0.1, 0.15) is 34.8 Å². The molecule has 1 saturated heterocycles. The lowest BCUT2D eigenvalue weighted by atomic mass is 9.95. The number of ether oxygens (including phenoxy) is 1. The second kappa shape index (κ2) is 11.4. The third kappa shape index (κ3) is 6.66. The fourth-order valence-corrected chi connectivity index (χ4v) is 4.44. The molecule has 33 heavy (non-hydrogen) atoms. The predicted octanol–water partition coefficient (Wildman–Crippen LogP) is 4.03. The fourth-order valence-electron chi connectivity index (χ4n) is 4.01. The lowest BCUT2D eigenvalue weighted by Gasteiger charge is -2.34. The van der Waals surface area contributed by atoms with Crippen LogP contribution in [0, 0.1) is 5.92 Å². The van der Waals surface area contributed by atoms with E-state index < -0.39 is 12.1 Å². The first-order chi connectivity index (χ1) is 15.8. The van der Waals surface area contributed by atoms with E-state index in [0.717, 1.165) is 31.5 Å². The lowest BCUT2D eigenvalue weighted by molar-refractivity contribution is 0.0932. The molecule has 0 saturated carbocycles. The number of methoxy groups -OCH3 is 1. The van der Waals surface area contributed by atoms with E-state index in [1.165, 1.54) is 19.2 Å². The quantitative estimate of drug-likeness (QED) is 0.411.